The van der Waals surface area contributed by atoms with Gasteiger partial charge < -0.3 is 9.73 Å². The van der Waals surface area contributed by atoms with Gasteiger partial charge in [0.25, 0.3) is 0 Å². The molecule has 7 heteroatoms. The van der Waals surface area contributed by atoms with Gasteiger partial charge in [-0.1, -0.05) is 12.1 Å². The molecule has 0 spiro atoms. The molecule has 1 aliphatic heterocycles. The van der Waals surface area contributed by atoms with Gasteiger partial charge in [-0.3, -0.25) is 9.69 Å². The van der Waals surface area contributed by atoms with E-state index >= 15 is 0 Å². The summed E-state index contributed by atoms with van der Waals surface area (Å²) in [5, 5.41) is 15.5. The molecular weight excluding hydrogens is 372 g/mol. The third kappa shape index (κ3) is 4.15. The number of hydrogen-bond acceptors (Lipinski definition) is 6. The molecule has 1 aliphatic rings. The van der Waals surface area contributed by atoms with E-state index in [0.717, 1.165) is 42.7 Å². The number of aromatic nitrogens is 2. The van der Waals surface area contributed by atoms with Gasteiger partial charge >= 0.3 is 0 Å². The molecule has 3 heterocycles. The van der Waals surface area contributed by atoms with Crippen LogP contribution in [0.3, 0.4) is 0 Å². The van der Waals surface area contributed by atoms with E-state index in [2.05, 4.69) is 33.4 Å². The summed E-state index contributed by atoms with van der Waals surface area (Å²) in [4.78, 5) is 14.6. The fraction of sp³-hybridized carbons (Fsp3) is 0.381. The lowest BCUT2D eigenvalue weighted by Gasteiger charge is -2.29. The maximum absolute atomic E-state index is 12.4. The average molecular weight is 397 g/mol. The van der Waals surface area contributed by atoms with Crippen molar-refractivity contribution in [1.29, 1.82) is 0 Å². The van der Waals surface area contributed by atoms with E-state index < -0.39 is 0 Å². The number of likely N-dealkylation sites (tertiary alicyclic amines) is 1. The van der Waals surface area contributed by atoms with Crippen LogP contribution in [0, 0.1) is 13.8 Å². The molecule has 1 aromatic carbocycles. The summed E-state index contributed by atoms with van der Waals surface area (Å²) in [6.07, 6.45) is 1.84. The molecule has 1 N–H and O–H groups in total. The topological polar surface area (TPSA) is 71.3 Å². The number of thiophene rings is 1. The zero-order valence-corrected chi connectivity index (χ0v) is 17.0. The van der Waals surface area contributed by atoms with Crippen LogP contribution in [0.2, 0.25) is 0 Å². The zero-order valence-electron chi connectivity index (χ0n) is 16.1. The van der Waals surface area contributed by atoms with E-state index in [1.54, 1.807) is 11.3 Å². The monoisotopic (exact) mass is 396 g/mol. The number of nitrogens with zero attached hydrogens (tertiary/aromatic N) is 3. The van der Waals surface area contributed by atoms with Crippen LogP contribution in [0.25, 0.3) is 11.5 Å². The fourth-order valence-electron chi connectivity index (χ4n) is 3.52. The first-order valence-electron chi connectivity index (χ1n) is 9.54. The first-order valence-corrected chi connectivity index (χ1v) is 10.5. The summed E-state index contributed by atoms with van der Waals surface area (Å²) >= 11 is 1.61. The Labute approximate surface area is 168 Å². The number of amides is 1. The molecular formula is C21H24N4O2S. The molecule has 0 bridgehead atoms. The molecule has 0 atom stereocenters. The Bertz CT molecular complexity index is 943. The minimum Gasteiger partial charge on any atom is -0.420 e. The van der Waals surface area contributed by atoms with Gasteiger partial charge in [-0.15, -0.1) is 10.2 Å². The summed E-state index contributed by atoms with van der Waals surface area (Å²) in [6.45, 7) is 6.19. The van der Waals surface area contributed by atoms with Crippen molar-refractivity contribution >= 4 is 22.9 Å². The summed E-state index contributed by atoms with van der Waals surface area (Å²) in [7, 11) is 0. The van der Waals surface area contributed by atoms with Crippen LogP contribution in [0.1, 0.15) is 35.8 Å². The number of carbonyl (C=O) groups is 1. The zero-order chi connectivity index (χ0) is 19.5. The van der Waals surface area contributed by atoms with E-state index in [1.165, 1.54) is 5.56 Å². The average Bonchev–Trinajstić information content (AvgIpc) is 3.37. The van der Waals surface area contributed by atoms with Crippen LogP contribution in [0.4, 0.5) is 5.69 Å². The molecule has 6 nitrogen and oxygen atoms in total. The SMILES string of the molecule is Cc1cccc(NC(=O)CN2CCC(c3nnc(-c4ccsc4)o3)CC2)c1C. The second-order valence-corrected chi connectivity index (χ2v) is 8.08. The van der Waals surface area contributed by atoms with Gasteiger partial charge in [0, 0.05) is 22.5 Å². The van der Waals surface area contributed by atoms with E-state index in [4.69, 9.17) is 4.42 Å². The Morgan fingerprint density at radius 2 is 2.07 bits per heavy atom. The Kier molecular flexibility index (Phi) is 5.54. The van der Waals surface area contributed by atoms with Crippen LogP contribution in [0.15, 0.2) is 39.4 Å². The van der Waals surface area contributed by atoms with Crippen LogP contribution in [-0.2, 0) is 4.79 Å². The highest BCUT2D eigenvalue weighted by Crippen LogP contribution is 2.30. The van der Waals surface area contributed by atoms with Crippen molar-refractivity contribution in [1.82, 2.24) is 15.1 Å². The Morgan fingerprint density at radius 1 is 1.25 bits per heavy atom. The van der Waals surface area contributed by atoms with Crippen LogP contribution in [0.5, 0.6) is 0 Å². The van der Waals surface area contributed by atoms with Crippen molar-refractivity contribution in [3.8, 4) is 11.5 Å². The molecule has 1 amide bonds. The Balaban J connectivity index is 1.29. The first-order chi connectivity index (χ1) is 13.6. The fourth-order valence-corrected chi connectivity index (χ4v) is 4.15. The van der Waals surface area contributed by atoms with Gasteiger partial charge in [0.05, 0.1) is 6.54 Å². The van der Waals surface area contributed by atoms with Gasteiger partial charge in [-0.2, -0.15) is 11.3 Å². The molecule has 0 saturated carbocycles. The lowest BCUT2D eigenvalue weighted by atomic mass is 9.97. The minimum absolute atomic E-state index is 0.0321. The van der Waals surface area contributed by atoms with Gasteiger partial charge in [0.1, 0.15) is 0 Å². The number of aryl methyl sites for hydroxylation is 1. The number of nitrogens with one attached hydrogen (secondary N) is 1. The normalized spacial score (nSPS) is 15.6. The highest BCUT2D eigenvalue weighted by Gasteiger charge is 2.26. The number of rotatable bonds is 5. The van der Waals surface area contributed by atoms with Gasteiger partial charge in [-0.05, 0) is 68.4 Å². The highest BCUT2D eigenvalue weighted by molar-refractivity contribution is 7.08. The number of anilines is 1. The van der Waals surface area contributed by atoms with Gasteiger partial charge in [0.2, 0.25) is 17.7 Å². The Hall–Kier alpha value is -2.51. The highest BCUT2D eigenvalue weighted by atomic mass is 32.1. The number of piperidine rings is 1. The van der Waals surface area contributed by atoms with Crippen LogP contribution < -0.4 is 5.32 Å². The Morgan fingerprint density at radius 3 is 2.82 bits per heavy atom. The third-order valence-electron chi connectivity index (χ3n) is 5.39. The lowest BCUT2D eigenvalue weighted by Crippen LogP contribution is -2.38. The third-order valence-corrected chi connectivity index (χ3v) is 6.07. The molecule has 146 valence electrons. The summed E-state index contributed by atoms with van der Waals surface area (Å²) in [5.41, 5.74) is 4.17. The predicted octanol–water partition coefficient (Wildman–Crippen LogP) is 4.23. The molecule has 0 unspecified atom stereocenters. The van der Waals surface area contributed by atoms with Crippen molar-refractivity contribution in [3.05, 3.63) is 52.0 Å². The number of benzene rings is 1. The number of hydrogen-bond donors (Lipinski definition) is 1. The molecule has 4 rings (SSSR count). The van der Waals surface area contributed by atoms with Crippen molar-refractivity contribution in [2.75, 3.05) is 25.0 Å². The molecule has 28 heavy (non-hydrogen) atoms. The second-order valence-electron chi connectivity index (χ2n) is 7.30. The quantitative estimate of drug-likeness (QED) is 0.699. The largest absolute Gasteiger partial charge is 0.420 e. The van der Waals surface area contributed by atoms with Crippen LogP contribution >= 0.6 is 11.3 Å². The van der Waals surface area contributed by atoms with E-state index in [0.29, 0.717) is 18.3 Å². The summed E-state index contributed by atoms with van der Waals surface area (Å²) < 4.78 is 5.87. The summed E-state index contributed by atoms with van der Waals surface area (Å²) in [5.74, 6) is 1.59. The molecule has 2 aromatic heterocycles. The van der Waals surface area contributed by atoms with Crippen molar-refractivity contribution in [2.24, 2.45) is 0 Å². The lowest BCUT2D eigenvalue weighted by molar-refractivity contribution is -0.117. The summed E-state index contributed by atoms with van der Waals surface area (Å²) in [6, 6.07) is 7.96. The number of carbonyl (C=O) groups excluding carboxylic acids is 1. The minimum atomic E-state index is 0.0321. The van der Waals surface area contributed by atoms with E-state index in [-0.39, 0.29) is 11.8 Å². The molecule has 3 aromatic rings. The maximum atomic E-state index is 12.4. The standard InChI is InChI=1S/C21H24N4O2S/c1-14-4-3-5-18(15(14)2)22-19(26)12-25-9-6-16(7-10-25)20-23-24-21(27-20)17-8-11-28-13-17/h3-5,8,11,13,16H,6-7,9-10,12H2,1-2H3,(H,22,26). The van der Waals surface area contributed by atoms with Crippen molar-refractivity contribution < 1.29 is 9.21 Å². The van der Waals surface area contributed by atoms with E-state index in [9.17, 15) is 4.79 Å². The van der Waals surface area contributed by atoms with Crippen molar-refractivity contribution in [3.63, 3.8) is 0 Å². The maximum Gasteiger partial charge on any atom is 0.248 e. The van der Waals surface area contributed by atoms with Crippen LogP contribution in [-0.4, -0.2) is 40.6 Å². The first kappa shape index (κ1) is 18.8. The van der Waals surface area contributed by atoms with Gasteiger partial charge in [0.15, 0.2) is 0 Å². The molecule has 0 aliphatic carbocycles. The molecule has 1 saturated heterocycles. The second kappa shape index (κ2) is 8.24. The molecule has 1 fully saturated rings. The van der Waals surface area contributed by atoms with E-state index in [1.807, 2.05) is 35.9 Å². The predicted molar refractivity (Wildman–Crippen MR) is 111 cm³/mol. The van der Waals surface area contributed by atoms with Gasteiger partial charge in [-0.25, -0.2) is 0 Å². The molecule has 0 radical (unpaired) electrons. The van der Waals surface area contributed by atoms with Crippen molar-refractivity contribution in [2.45, 2.75) is 32.6 Å². The smallest absolute Gasteiger partial charge is 0.248 e.